The Labute approximate surface area is 184 Å². The van der Waals surface area contributed by atoms with E-state index in [1.807, 2.05) is 19.1 Å². The maximum absolute atomic E-state index is 12.0. The molecule has 0 saturated carbocycles. The van der Waals surface area contributed by atoms with Gasteiger partial charge < -0.3 is 9.47 Å². The Hall–Kier alpha value is -3.09. The standard InChI is InChI=1S/C22H19Cl2N3O3/c1-2-29-21-12-15(13-26-27-22(28)17-7-9-25-10-8-17)4-6-20(21)30-14-16-3-5-18(23)19(24)11-16/h3-13H,2,14H2,1H3,(H,27,28)/b26-13-. The van der Waals surface area contributed by atoms with E-state index >= 15 is 0 Å². The number of carbonyl (C=O) groups is 1. The maximum atomic E-state index is 12.0. The Morgan fingerprint density at radius 2 is 1.83 bits per heavy atom. The highest BCUT2D eigenvalue weighted by molar-refractivity contribution is 6.42. The van der Waals surface area contributed by atoms with Gasteiger partial charge in [0.1, 0.15) is 6.61 Å². The third-order valence-electron chi connectivity index (χ3n) is 3.97. The summed E-state index contributed by atoms with van der Waals surface area (Å²) in [6, 6.07) is 13.9. The number of halogens is 2. The minimum Gasteiger partial charge on any atom is -0.490 e. The van der Waals surface area contributed by atoms with E-state index in [9.17, 15) is 4.79 Å². The lowest BCUT2D eigenvalue weighted by molar-refractivity contribution is 0.0955. The van der Waals surface area contributed by atoms with Gasteiger partial charge in [-0.15, -0.1) is 0 Å². The van der Waals surface area contributed by atoms with Crippen LogP contribution in [0.25, 0.3) is 0 Å². The summed E-state index contributed by atoms with van der Waals surface area (Å²) in [6.07, 6.45) is 4.62. The monoisotopic (exact) mass is 443 g/mol. The van der Waals surface area contributed by atoms with E-state index in [2.05, 4.69) is 15.5 Å². The van der Waals surface area contributed by atoms with Crippen molar-refractivity contribution in [3.63, 3.8) is 0 Å². The molecule has 154 valence electrons. The number of hydrogen-bond acceptors (Lipinski definition) is 5. The van der Waals surface area contributed by atoms with Gasteiger partial charge in [0.05, 0.1) is 22.9 Å². The molecule has 30 heavy (non-hydrogen) atoms. The average molecular weight is 444 g/mol. The molecule has 1 heterocycles. The van der Waals surface area contributed by atoms with E-state index in [0.717, 1.165) is 11.1 Å². The van der Waals surface area contributed by atoms with Crippen LogP contribution >= 0.6 is 23.2 Å². The van der Waals surface area contributed by atoms with E-state index in [1.54, 1.807) is 48.8 Å². The summed E-state index contributed by atoms with van der Waals surface area (Å²) >= 11 is 12.0. The van der Waals surface area contributed by atoms with Gasteiger partial charge in [0.2, 0.25) is 0 Å². The van der Waals surface area contributed by atoms with Gasteiger partial charge in [0.25, 0.3) is 5.91 Å². The third kappa shape index (κ3) is 5.95. The van der Waals surface area contributed by atoms with Crippen molar-refractivity contribution in [1.29, 1.82) is 0 Å². The zero-order chi connectivity index (χ0) is 21.3. The van der Waals surface area contributed by atoms with Crippen LogP contribution in [-0.4, -0.2) is 23.7 Å². The number of ether oxygens (including phenoxy) is 2. The molecule has 0 spiro atoms. The van der Waals surface area contributed by atoms with Crippen LogP contribution in [0, 0.1) is 0 Å². The summed E-state index contributed by atoms with van der Waals surface area (Å²) in [4.78, 5) is 15.9. The van der Waals surface area contributed by atoms with E-state index in [4.69, 9.17) is 32.7 Å². The Bertz CT molecular complexity index is 1040. The number of rotatable bonds is 8. The van der Waals surface area contributed by atoms with Crippen molar-refractivity contribution < 1.29 is 14.3 Å². The second-order valence-electron chi connectivity index (χ2n) is 6.11. The molecule has 0 unspecified atom stereocenters. The SMILES string of the molecule is CCOc1cc(/C=N\NC(=O)c2ccncc2)ccc1OCc1ccc(Cl)c(Cl)c1. The molecule has 1 N–H and O–H groups in total. The number of benzene rings is 2. The smallest absolute Gasteiger partial charge is 0.271 e. The second-order valence-corrected chi connectivity index (χ2v) is 6.93. The van der Waals surface area contributed by atoms with Gasteiger partial charge in [-0.1, -0.05) is 29.3 Å². The maximum Gasteiger partial charge on any atom is 0.271 e. The number of carbonyl (C=O) groups excluding carboxylic acids is 1. The lowest BCUT2D eigenvalue weighted by Gasteiger charge is -2.13. The molecule has 1 aromatic heterocycles. The van der Waals surface area contributed by atoms with Crippen LogP contribution in [0.15, 0.2) is 66.0 Å². The molecule has 3 aromatic rings. The first-order valence-electron chi connectivity index (χ1n) is 9.14. The fourth-order valence-electron chi connectivity index (χ4n) is 2.52. The van der Waals surface area contributed by atoms with Crippen LogP contribution in [0.2, 0.25) is 10.0 Å². The number of nitrogens with one attached hydrogen (secondary N) is 1. The molecule has 1 amide bonds. The second kappa shape index (κ2) is 10.6. The quantitative estimate of drug-likeness (QED) is 0.386. The molecular formula is C22H19Cl2N3O3. The fourth-order valence-corrected chi connectivity index (χ4v) is 2.84. The number of pyridine rings is 1. The first kappa shape index (κ1) is 21.6. The van der Waals surface area contributed by atoms with Crippen LogP contribution in [0.4, 0.5) is 0 Å². The van der Waals surface area contributed by atoms with Gasteiger partial charge in [-0.05, 0) is 60.5 Å². The average Bonchev–Trinajstić information content (AvgIpc) is 2.76. The zero-order valence-corrected chi connectivity index (χ0v) is 17.7. The number of hydrazone groups is 1. The van der Waals surface area contributed by atoms with E-state index in [-0.39, 0.29) is 5.91 Å². The van der Waals surface area contributed by atoms with Crippen LogP contribution in [0.3, 0.4) is 0 Å². The molecule has 0 radical (unpaired) electrons. The van der Waals surface area contributed by atoms with Crippen LogP contribution in [0.5, 0.6) is 11.5 Å². The Morgan fingerprint density at radius 1 is 1.03 bits per heavy atom. The van der Waals surface area contributed by atoms with Gasteiger partial charge in [0, 0.05) is 18.0 Å². The van der Waals surface area contributed by atoms with Crippen molar-refractivity contribution in [3.8, 4) is 11.5 Å². The molecule has 6 nitrogen and oxygen atoms in total. The van der Waals surface area contributed by atoms with Crippen LogP contribution in [0.1, 0.15) is 28.4 Å². The minimum atomic E-state index is -0.319. The highest BCUT2D eigenvalue weighted by Gasteiger charge is 2.08. The van der Waals surface area contributed by atoms with Crippen molar-refractivity contribution >= 4 is 35.3 Å². The van der Waals surface area contributed by atoms with Crippen molar-refractivity contribution in [3.05, 3.63) is 87.7 Å². The molecule has 0 saturated heterocycles. The summed E-state index contributed by atoms with van der Waals surface area (Å²) in [6.45, 7) is 2.67. The lowest BCUT2D eigenvalue weighted by atomic mass is 10.2. The van der Waals surface area contributed by atoms with Crippen molar-refractivity contribution in [2.75, 3.05) is 6.61 Å². The topological polar surface area (TPSA) is 72.8 Å². The molecule has 8 heteroatoms. The zero-order valence-electron chi connectivity index (χ0n) is 16.1. The Balaban J connectivity index is 1.66. The Morgan fingerprint density at radius 3 is 2.57 bits per heavy atom. The number of hydrogen-bond donors (Lipinski definition) is 1. The van der Waals surface area contributed by atoms with Crippen molar-refractivity contribution in [2.24, 2.45) is 5.10 Å². The first-order valence-corrected chi connectivity index (χ1v) is 9.89. The minimum absolute atomic E-state index is 0.312. The van der Waals surface area contributed by atoms with E-state index in [0.29, 0.717) is 40.3 Å². The van der Waals surface area contributed by atoms with E-state index < -0.39 is 0 Å². The molecule has 2 aromatic carbocycles. The van der Waals surface area contributed by atoms with Crippen LogP contribution in [-0.2, 0) is 6.61 Å². The van der Waals surface area contributed by atoms with Crippen LogP contribution < -0.4 is 14.9 Å². The molecule has 0 fully saturated rings. The van der Waals surface area contributed by atoms with Gasteiger partial charge >= 0.3 is 0 Å². The largest absolute Gasteiger partial charge is 0.490 e. The van der Waals surface area contributed by atoms with Gasteiger partial charge in [-0.2, -0.15) is 5.10 Å². The predicted molar refractivity (Wildman–Crippen MR) is 118 cm³/mol. The molecule has 3 rings (SSSR count). The van der Waals surface area contributed by atoms with Gasteiger partial charge in [-0.3, -0.25) is 9.78 Å². The molecule has 0 aliphatic carbocycles. The first-order chi connectivity index (χ1) is 14.6. The van der Waals surface area contributed by atoms with Gasteiger partial charge in [-0.25, -0.2) is 5.43 Å². The fraction of sp³-hybridized carbons (Fsp3) is 0.136. The molecule has 0 atom stereocenters. The molecular weight excluding hydrogens is 425 g/mol. The number of nitrogens with zero attached hydrogens (tertiary/aromatic N) is 2. The van der Waals surface area contributed by atoms with Crippen molar-refractivity contribution in [2.45, 2.75) is 13.5 Å². The predicted octanol–water partition coefficient (Wildman–Crippen LogP) is 5.13. The summed E-state index contributed by atoms with van der Waals surface area (Å²) in [5.41, 5.74) is 4.58. The van der Waals surface area contributed by atoms with Crippen molar-refractivity contribution in [1.82, 2.24) is 10.4 Å². The normalized spacial score (nSPS) is 10.8. The number of amides is 1. The summed E-state index contributed by atoms with van der Waals surface area (Å²) in [5, 5.41) is 4.96. The van der Waals surface area contributed by atoms with E-state index in [1.165, 1.54) is 6.21 Å². The highest BCUT2D eigenvalue weighted by Crippen LogP contribution is 2.30. The molecule has 0 aliphatic heterocycles. The Kier molecular flexibility index (Phi) is 7.65. The van der Waals surface area contributed by atoms with Gasteiger partial charge in [0.15, 0.2) is 11.5 Å². The molecule has 0 bridgehead atoms. The summed E-state index contributed by atoms with van der Waals surface area (Å²) in [7, 11) is 0. The lowest BCUT2D eigenvalue weighted by Crippen LogP contribution is -2.17. The highest BCUT2D eigenvalue weighted by atomic mass is 35.5. The summed E-state index contributed by atoms with van der Waals surface area (Å²) < 4.78 is 11.6. The molecule has 0 aliphatic rings. The third-order valence-corrected chi connectivity index (χ3v) is 4.71. The number of aromatic nitrogens is 1. The summed E-state index contributed by atoms with van der Waals surface area (Å²) in [5.74, 6) is 0.836.